The van der Waals surface area contributed by atoms with Gasteiger partial charge in [-0.05, 0) is 39.6 Å². The Morgan fingerprint density at radius 2 is 1.88 bits per heavy atom. The van der Waals surface area contributed by atoms with Crippen molar-refractivity contribution in [2.45, 2.75) is 32.4 Å². The summed E-state index contributed by atoms with van der Waals surface area (Å²) in [5.41, 5.74) is 0. The third kappa shape index (κ3) is 6.02. The van der Waals surface area contributed by atoms with E-state index in [1.54, 1.807) is 11.9 Å². The summed E-state index contributed by atoms with van der Waals surface area (Å²) in [5.74, 6) is 0. The van der Waals surface area contributed by atoms with Crippen molar-refractivity contribution in [1.29, 1.82) is 0 Å². The summed E-state index contributed by atoms with van der Waals surface area (Å²) < 4.78 is 4.31. The van der Waals surface area contributed by atoms with E-state index in [1.807, 2.05) is 13.1 Å². The number of rotatable bonds is 1. The lowest BCUT2D eigenvalue weighted by Gasteiger charge is -2.11. The zero-order valence-corrected chi connectivity index (χ0v) is 6.75. The van der Waals surface area contributed by atoms with Crippen LogP contribution in [0.15, 0.2) is 4.40 Å². The zero-order valence-electron chi connectivity index (χ0n) is 5.93. The molecule has 2 heteroatoms. The molecule has 0 bridgehead atoms. The molecule has 0 rings (SSSR count). The third-order valence-corrected chi connectivity index (χ3v) is 1.30. The van der Waals surface area contributed by atoms with Crippen LogP contribution in [0.1, 0.15) is 27.7 Å². The Hall–Kier alpha value is 0.0200. The molecule has 0 atom stereocenters. The van der Waals surface area contributed by atoms with E-state index in [-0.39, 0.29) is 4.75 Å². The van der Waals surface area contributed by atoms with Crippen LogP contribution in [0.3, 0.4) is 0 Å². The van der Waals surface area contributed by atoms with E-state index in [9.17, 15) is 0 Å². The summed E-state index contributed by atoms with van der Waals surface area (Å²) in [7, 11) is 0. The Morgan fingerprint density at radius 3 is 2.00 bits per heavy atom. The molecule has 8 heavy (non-hydrogen) atoms. The number of hydrogen-bond donors (Lipinski definition) is 0. The second kappa shape index (κ2) is 3.13. The van der Waals surface area contributed by atoms with Crippen LogP contribution in [0.25, 0.3) is 0 Å². The molecule has 48 valence electrons. The first-order valence-corrected chi connectivity index (χ1v) is 3.50. The summed E-state index contributed by atoms with van der Waals surface area (Å²) in [6, 6.07) is 0. The van der Waals surface area contributed by atoms with Crippen molar-refractivity contribution in [3.05, 3.63) is 0 Å². The van der Waals surface area contributed by atoms with Crippen LogP contribution in [0, 0.1) is 0 Å². The van der Waals surface area contributed by atoms with Crippen LogP contribution in [-0.4, -0.2) is 11.0 Å². The highest BCUT2D eigenvalue weighted by atomic mass is 32.2. The topological polar surface area (TPSA) is 12.4 Å². The Labute approximate surface area is 55.7 Å². The van der Waals surface area contributed by atoms with Gasteiger partial charge >= 0.3 is 0 Å². The van der Waals surface area contributed by atoms with E-state index < -0.39 is 0 Å². The zero-order chi connectivity index (χ0) is 6.62. The van der Waals surface area contributed by atoms with Gasteiger partial charge in [-0.15, -0.1) is 0 Å². The van der Waals surface area contributed by atoms with Gasteiger partial charge in [-0.2, -0.15) is 0 Å². The van der Waals surface area contributed by atoms with Gasteiger partial charge in [0, 0.05) is 11.0 Å². The molecule has 0 spiro atoms. The van der Waals surface area contributed by atoms with Gasteiger partial charge in [-0.1, -0.05) is 0 Å². The quantitative estimate of drug-likeness (QED) is 0.393. The molecule has 0 fully saturated rings. The second-order valence-electron chi connectivity index (χ2n) is 2.57. The second-order valence-corrected chi connectivity index (χ2v) is 4.19. The molecule has 1 nitrogen and oxygen atoms in total. The first-order valence-electron chi connectivity index (χ1n) is 2.72. The lowest BCUT2D eigenvalue weighted by molar-refractivity contribution is 0.804. The van der Waals surface area contributed by atoms with Crippen LogP contribution in [-0.2, 0) is 0 Å². The highest BCUT2D eigenvalue weighted by Gasteiger charge is 2.08. The molecule has 0 aromatic rings. The summed E-state index contributed by atoms with van der Waals surface area (Å²) in [5, 5.41) is 0. The lowest BCUT2D eigenvalue weighted by Crippen LogP contribution is -2.04. The van der Waals surface area contributed by atoms with Crippen molar-refractivity contribution in [2.24, 2.45) is 4.40 Å². The van der Waals surface area contributed by atoms with Crippen molar-refractivity contribution in [3.8, 4) is 0 Å². The van der Waals surface area contributed by atoms with Gasteiger partial charge in [0.15, 0.2) is 0 Å². The van der Waals surface area contributed by atoms with Gasteiger partial charge in [0.05, 0.1) is 0 Å². The minimum atomic E-state index is 0.270. The average Bonchev–Trinajstić information content (AvgIpc) is 1.59. The fraction of sp³-hybridized carbons (Fsp3) is 0.833. The molecule has 0 heterocycles. The molecule has 0 saturated carbocycles. The van der Waals surface area contributed by atoms with Crippen LogP contribution < -0.4 is 0 Å². The van der Waals surface area contributed by atoms with Gasteiger partial charge in [0.25, 0.3) is 0 Å². The fourth-order valence-corrected chi connectivity index (χ4v) is 0.632. The minimum Gasteiger partial charge on any atom is -0.229 e. The predicted molar refractivity (Wildman–Crippen MR) is 41.5 cm³/mol. The predicted octanol–water partition coefficient (Wildman–Crippen LogP) is 2.52. The van der Waals surface area contributed by atoms with E-state index in [0.29, 0.717) is 0 Å². The highest BCUT2D eigenvalue weighted by molar-refractivity contribution is 7.99. The highest BCUT2D eigenvalue weighted by Crippen LogP contribution is 2.23. The Bertz CT molecular complexity index is 81.0. The third-order valence-electron chi connectivity index (χ3n) is 0.432. The molecular weight excluding hydrogens is 118 g/mol. The molecule has 0 amide bonds. The van der Waals surface area contributed by atoms with Crippen molar-refractivity contribution in [2.75, 3.05) is 0 Å². The average molecular weight is 131 g/mol. The van der Waals surface area contributed by atoms with Gasteiger partial charge in [-0.25, -0.2) is 4.40 Å². The maximum absolute atomic E-state index is 4.03. The summed E-state index contributed by atoms with van der Waals surface area (Å²) in [6.45, 7) is 8.36. The molecule has 0 N–H and O–H groups in total. The maximum atomic E-state index is 4.03. The Balaban J connectivity index is 3.39. The largest absolute Gasteiger partial charge is 0.229 e. The lowest BCUT2D eigenvalue weighted by atomic mass is 10.3. The monoisotopic (exact) mass is 131 g/mol. The molecule has 0 aliphatic carbocycles. The van der Waals surface area contributed by atoms with Crippen LogP contribution in [0.2, 0.25) is 0 Å². The molecule has 0 aromatic heterocycles. The summed E-state index contributed by atoms with van der Waals surface area (Å²) in [4.78, 5) is 0. The summed E-state index contributed by atoms with van der Waals surface area (Å²) in [6.07, 6.45) is 1.82. The number of nitrogens with zero attached hydrogens (tertiary/aromatic N) is 1. The maximum Gasteiger partial charge on any atom is 0.0294 e. The van der Waals surface area contributed by atoms with E-state index >= 15 is 0 Å². The van der Waals surface area contributed by atoms with Crippen molar-refractivity contribution in [3.63, 3.8) is 0 Å². The standard InChI is InChI=1S/C6H13NS/c1-5-7-8-6(2,3)4/h5H,1-4H3. The molecule has 0 aliphatic rings. The van der Waals surface area contributed by atoms with Crippen LogP contribution >= 0.6 is 11.9 Å². The molecule has 0 aliphatic heterocycles. The van der Waals surface area contributed by atoms with Crippen molar-refractivity contribution < 1.29 is 0 Å². The fourth-order valence-electron chi connectivity index (χ4n) is 0.211. The van der Waals surface area contributed by atoms with E-state index in [2.05, 4.69) is 25.2 Å². The SMILES string of the molecule is CC=NSC(C)(C)C. The van der Waals surface area contributed by atoms with Gasteiger partial charge in [-0.3, -0.25) is 0 Å². The van der Waals surface area contributed by atoms with Gasteiger partial charge < -0.3 is 0 Å². The van der Waals surface area contributed by atoms with Gasteiger partial charge in [0.2, 0.25) is 0 Å². The van der Waals surface area contributed by atoms with Crippen LogP contribution in [0.5, 0.6) is 0 Å². The molecule has 0 aromatic carbocycles. The normalized spacial score (nSPS) is 13.0. The molecule has 0 radical (unpaired) electrons. The first kappa shape index (κ1) is 8.02. The smallest absolute Gasteiger partial charge is 0.0294 e. The van der Waals surface area contributed by atoms with Gasteiger partial charge in [0.1, 0.15) is 0 Å². The van der Waals surface area contributed by atoms with E-state index in [4.69, 9.17) is 0 Å². The van der Waals surface area contributed by atoms with E-state index in [0.717, 1.165) is 0 Å². The molecular formula is C6H13NS. The Morgan fingerprint density at radius 1 is 1.38 bits per heavy atom. The summed E-state index contributed by atoms with van der Waals surface area (Å²) >= 11 is 1.60. The van der Waals surface area contributed by atoms with E-state index in [1.165, 1.54) is 0 Å². The molecule has 0 saturated heterocycles. The Kier molecular flexibility index (Phi) is 3.13. The van der Waals surface area contributed by atoms with Crippen LogP contribution in [0.4, 0.5) is 0 Å². The number of hydrogen-bond acceptors (Lipinski definition) is 2. The first-order chi connectivity index (χ1) is 3.56. The minimum absolute atomic E-state index is 0.270. The van der Waals surface area contributed by atoms with Crippen molar-refractivity contribution in [1.82, 2.24) is 0 Å². The van der Waals surface area contributed by atoms with Crippen molar-refractivity contribution >= 4 is 18.2 Å². The molecule has 0 unspecified atom stereocenters.